The summed E-state index contributed by atoms with van der Waals surface area (Å²) in [5, 5.41) is 0.848. The van der Waals surface area contributed by atoms with Crippen LogP contribution in [0.4, 0.5) is 0 Å². The zero-order chi connectivity index (χ0) is 12.6. The van der Waals surface area contributed by atoms with Gasteiger partial charge >= 0.3 is 5.97 Å². The van der Waals surface area contributed by atoms with Crippen LogP contribution in [0.25, 0.3) is 10.9 Å². The van der Waals surface area contributed by atoms with Gasteiger partial charge in [0.2, 0.25) is 0 Å². The molecule has 1 aromatic carbocycles. The molecule has 2 aromatic rings. The summed E-state index contributed by atoms with van der Waals surface area (Å²) in [4.78, 5) is 25.9. The number of benzene rings is 1. The van der Waals surface area contributed by atoms with Crippen molar-refractivity contribution in [3.8, 4) is 0 Å². The smallest absolute Gasteiger partial charge is 0.354 e. The fourth-order valence-corrected chi connectivity index (χ4v) is 1.96. The number of rotatable bonds is 1. The maximum absolute atomic E-state index is 11.8. The van der Waals surface area contributed by atoms with E-state index in [1.165, 1.54) is 13.2 Å². The third-order valence-electron chi connectivity index (χ3n) is 2.29. The second-order valence-electron chi connectivity index (χ2n) is 3.32. The van der Waals surface area contributed by atoms with Crippen molar-refractivity contribution in [2.75, 3.05) is 7.11 Å². The fraction of sp³-hybridized carbons (Fsp3) is 0.0909. The molecule has 0 unspecified atom stereocenters. The molecule has 0 aliphatic heterocycles. The van der Waals surface area contributed by atoms with Crippen LogP contribution < -0.4 is 5.43 Å². The molecule has 1 heterocycles. The van der Waals surface area contributed by atoms with Gasteiger partial charge in [0.05, 0.1) is 28.1 Å². The van der Waals surface area contributed by atoms with Crippen molar-refractivity contribution in [2.45, 2.75) is 0 Å². The summed E-state index contributed by atoms with van der Waals surface area (Å²) >= 11 is 11.8. The first-order valence-electron chi connectivity index (χ1n) is 4.64. The van der Waals surface area contributed by atoms with Gasteiger partial charge in [-0.1, -0.05) is 23.2 Å². The topological polar surface area (TPSA) is 59.2 Å². The predicted molar refractivity (Wildman–Crippen MR) is 65.9 cm³/mol. The summed E-state index contributed by atoms with van der Waals surface area (Å²) in [5.41, 5.74) is -0.0205. The fourth-order valence-electron chi connectivity index (χ4n) is 1.51. The van der Waals surface area contributed by atoms with E-state index in [1.54, 1.807) is 6.07 Å². The Bertz CT molecular complexity index is 664. The summed E-state index contributed by atoms with van der Waals surface area (Å²) in [6.07, 6.45) is 0. The van der Waals surface area contributed by atoms with Gasteiger partial charge in [-0.05, 0) is 12.1 Å². The van der Waals surface area contributed by atoms with Crippen molar-refractivity contribution in [1.29, 1.82) is 0 Å². The molecular weight excluding hydrogens is 265 g/mol. The van der Waals surface area contributed by atoms with Crippen LogP contribution in [-0.4, -0.2) is 18.1 Å². The highest BCUT2D eigenvalue weighted by Crippen LogP contribution is 2.25. The van der Waals surface area contributed by atoms with E-state index in [2.05, 4.69) is 9.72 Å². The van der Waals surface area contributed by atoms with Crippen LogP contribution in [0.2, 0.25) is 10.0 Å². The Morgan fingerprint density at radius 2 is 1.94 bits per heavy atom. The van der Waals surface area contributed by atoms with Crippen molar-refractivity contribution in [3.63, 3.8) is 0 Å². The van der Waals surface area contributed by atoms with E-state index in [0.29, 0.717) is 10.5 Å². The number of nitrogens with one attached hydrogen (secondary N) is 1. The Balaban J connectivity index is 2.87. The lowest BCUT2D eigenvalue weighted by atomic mass is 10.2. The van der Waals surface area contributed by atoms with Crippen LogP contribution in [0.3, 0.4) is 0 Å². The van der Waals surface area contributed by atoms with E-state index in [4.69, 9.17) is 23.2 Å². The Hall–Kier alpha value is -1.52. The molecule has 0 aliphatic rings. The third kappa shape index (κ3) is 2.01. The minimum absolute atomic E-state index is 0.0363. The number of aromatic amines is 1. The van der Waals surface area contributed by atoms with Gasteiger partial charge in [0.1, 0.15) is 5.69 Å². The lowest BCUT2D eigenvalue weighted by molar-refractivity contribution is 0.0594. The average Bonchev–Trinajstić information content (AvgIpc) is 2.32. The molecule has 6 heteroatoms. The van der Waals surface area contributed by atoms with Crippen LogP contribution in [0.15, 0.2) is 23.0 Å². The van der Waals surface area contributed by atoms with Crippen molar-refractivity contribution in [2.24, 2.45) is 0 Å². The standard InChI is InChI=1S/C11H7Cl2NO3/c1-17-11(16)7-4-8(15)9-5(12)2-3-6(13)10(9)14-7/h2-4H,1H3,(H,14,15). The normalized spacial score (nSPS) is 10.5. The van der Waals surface area contributed by atoms with Crippen LogP contribution in [0.1, 0.15) is 10.5 Å². The molecule has 88 valence electrons. The summed E-state index contributed by atoms with van der Waals surface area (Å²) in [6, 6.07) is 4.21. The molecule has 4 nitrogen and oxygen atoms in total. The van der Waals surface area contributed by atoms with Crippen LogP contribution in [0, 0.1) is 0 Å². The maximum Gasteiger partial charge on any atom is 0.354 e. The zero-order valence-electron chi connectivity index (χ0n) is 8.71. The average molecular weight is 272 g/mol. The van der Waals surface area contributed by atoms with Crippen molar-refractivity contribution < 1.29 is 9.53 Å². The molecule has 0 atom stereocenters. The number of hydrogen-bond acceptors (Lipinski definition) is 3. The quantitative estimate of drug-likeness (QED) is 0.812. The number of carbonyl (C=O) groups excluding carboxylic acids is 1. The Labute approximate surface area is 106 Å². The Morgan fingerprint density at radius 3 is 2.59 bits per heavy atom. The molecule has 0 saturated carbocycles. The molecule has 17 heavy (non-hydrogen) atoms. The number of halogens is 2. The number of ether oxygens (including phenoxy) is 1. The van der Waals surface area contributed by atoms with Gasteiger partial charge in [-0.2, -0.15) is 0 Å². The van der Waals surface area contributed by atoms with Crippen LogP contribution in [-0.2, 0) is 4.74 Å². The molecule has 0 bridgehead atoms. The Kier molecular flexibility index (Phi) is 3.09. The van der Waals surface area contributed by atoms with Gasteiger partial charge < -0.3 is 9.72 Å². The second-order valence-corrected chi connectivity index (χ2v) is 4.13. The van der Waals surface area contributed by atoms with Crippen molar-refractivity contribution in [1.82, 2.24) is 4.98 Å². The number of hydrogen-bond donors (Lipinski definition) is 1. The number of pyridine rings is 1. The van der Waals surface area contributed by atoms with E-state index in [9.17, 15) is 9.59 Å². The van der Waals surface area contributed by atoms with Gasteiger partial charge in [0, 0.05) is 6.07 Å². The number of H-pyrrole nitrogens is 1. The number of fused-ring (bicyclic) bond motifs is 1. The van der Waals surface area contributed by atoms with Crippen molar-refractivity contribution >= 4 is 40.1 Å². The van der Waals surface area contributed by atoms with Gasteiger partial charge in [-0.15, -0.1) is 0 Å². The van der Waals surface area contributed by atoms with E-state index < -0.39 is 5.97 Å². The van der Waals surface area contributed by atoms with E-state index >= 15 is 0 Å². The molecule has 2 rings (SSSR count). The monoisotopic (exact) mass is 271 g/mol. The number of methoxy groups -OCH3 is 1. The molecule has 0 radical (unpaired) electrons. The molecule has 1 N–H and O–H groups in total. The van der Waals surface area contributed by atoms with E-state index in [-0.39, 0.29) is 21.5 Å². The molecule has 0 fully saturated rings. The summed E-state index contributed by atoms with van der Waals surface area (Å²) in [6.45, 7) is 0. The third-order valence-corrected chi connectivity index (χ3v) is 2.92. The first kappa shape index (κ1) is 12.0. The number of carbonyl (C=O) groups is 1. The minimum Gasteiger partial charge on any atom is -0.464 e. The summed E-state index contributed by atoms with van der Waals surface area (Å²) < 4.78 is 4.53. The first-order chi connectivity index (χ1) is 8.04. The van der Waals surface area contributed by atoms with E-state index in [1.807, 2.05) is 0 Å². The molecular formula is C11H7Cl2NO3. The highest BCUT2D eigenvalue weighted by atomic mass is 35.5. The lowest BCUT2D eigenvalue weighted by Crippen LogP contribution is -2.11. The highest BCUT2D eigenvalue weighted by molar-refractivity contribution is 6.39. The van der Waals surface area contributed by atoms with Crippen LogP contribution in [0.5, 0.6) is 0 Å². The first-order valence-corrected chi connectivity index (χ1v) is 5.39. The van der Waals surface area contributed by atoms with Gasteiger partial charge in [-0.25, -0.2) is 4.79 Å². The van der Waals surface area contributed by atoms with Crippen molar-refractivity contribution in [3.05, 3.63) is 44.2 Å². The SMILES string of the molecule is COC(=O)c1cc(=O)c2c(Cl)ccc(Cl)c2[nH]1. The van der Waals surface area contributed by atoms with E-state index in [0.717, 1.165) is 6.07 Å². The lowest BCUT2D eigenvalue weighted by Gasteiger charge is -2.05. The second kappa shape index (κ2) is 4.39. The minimum atomic E-state index is -0.639. The predicted octanol–water partition coefficient (Wildman–Crippen LogP) is 2.62. The molecule has 0 saturated heterocycles. The maximum atomic E-state index is 11.8. The molecule has 0 spiro atoms. The number of aromatic nitrogens is 1. The highest BCUT2D eigenvalue weighted by Gasteiger charge is 2.13. The van der Waals surface area contributed by atoms with Gasteiger partial charge in [0.15, 0.2) is 5.43 Å². The largest absolute Gasteiger partial charge is 0.464 e. The Morgan fingerprint density at radius 1 is 1.29 bits per heavy atom. The molecule has 0 aliphatic carbocycles. The summed E-state index contributed by atoms with van der Waals surface area (Å²) in [7, 11) is 1.23. The molecule has 0 amide bonds. The molecule has 1 aromatic heterocycles. The summed E-state index contributed by atoms with van der Waals surface area (Å²) in [5.74, 6) is -0.639. The van der Waals surface area contributed by atoms with Crippen LogP contribution >= 0.6 is 23.2 Å². The zero-order valence-corrected chi connectivity index (χ0v) is 10.2. The van der Waals surface area contributed by atoms with Gasteiger partial charge in [-0.3, -0.25) is 4.79 Å². The van der Waals surface area contributed by atoms with Gasteiger partial charge in [0.25, 0.3) is 0 Å². The number of esters is 1.